The van der Waals surface area contributed by atoms with Crippen LogP contribution in [0.25, 0.3) is 10.9 Å². The number of rotatable bonds is 7. The first-order chi connectivity index (χ1) is 16.5. The van der Waals surface area contributed by atoms with Crippen molar-refractivity contribution in [1.29, 1.82) is 0 Å². The summed E-state index contributed by atoms with van der Waals surface area (Å²) in [5, 5.41) is 14.6. The second-order valence-electron chi connectivity index (χ2n) is 10.9. The number of hydrogen-bond acceptors (Lipinski definition) is 5. The minimum Gasteiger partial charge on any atom is -0.390 e. The molecule has 1 aromatic carbocycles. The summed E-state index contributed by atoms with van der Waals surface area (Å²) in [6, 6.07) is 9.52. The Hall–Kier alpha value is -2.71. The van der Waals surface area contributed by atoms with Crippen molar-refractivity contribution < 1.29 is 14.7 Å². The maximum atomic E-state index is 13.3. The van der Waals surface area contributed by atoms with Gasteiger partial charge in [0, 0.05) is 50.7 Å². The van der Waals surface area contributed by atoms with Crippen molar-refractivity contribution in [2.75, 3.05) is 20.1 Å². The van der Waals surface area contributed by atoms with Crippen LogP contribution in [-0.2, 0) is 4.79 Å². The first-order valence-corrected chi connectivity index (χ1v) is 12.6. The molecule has 1 aromatic heterocycles. The van der Waals surface area contributed by atoms with Crippen LogP contribution in [0.15, 0.2) is 35.1 Å². The van der Waals surface area contributed by atoms with E-state index in [-0.39, 0.29) is 46.6 Å². The average Bonchev–Trinajstić information content (AvgIpc) is 2.96. The number of aliphatic hydroxyl groups excluding tert-OH is 1. The lowest BCUT2D eigenvalue weighted by atomic mass is 9.86. The molecule has 0 radical (unpaired) electrons. The number of β-amino-alcohol motifs (C(OH)–C–C–N with tert-alkyl or cyclic N) is 1. The number of likely N-dealkylation sites (N-methyl/N-ethyl adjacent to an activating group) is 1. The number of aliphatic hydroxyl groups is 1. The van der Waals surface area contributed by atoms with Crippen molar-refractivity contribution >= 4 is 22.7 Å². The molecule has 3 heterocycles. The van der Waals surface area contributed by atoms with Crippen LogP contribution < -0.4 is 10.9 Å². The van der Waals surface area contributed by atoms with Gasteiger partial charge in [0.1, 0.15) is 5.56 Å². The molecule has 2 bridgehead atoms. The maximum absolute atomic E-state index is 13.3. The van der Waals surface area contributed by atoms with E-state index < -0.39 is 6.10 Å². The highest BCUT2D eigenvalue weighted by Gasteiger charge is 2.49. The van der Waals surface area contributed by atoms with Gasteiger partial charge in [0.15, 0.2) is 0 Å². The zero-order chi connectivity index (χ0) is 25.5. The van der Waals surface area contributed by atoms with Gasteiger partial charge in [0.25, 0.3) is 11.5 Å². The first kappa shape index (κ1) is 25.4. The van der Waals surface area contributed by atoms with Crippen LogP contribution in [0.3, 0.4) is 0 Å². The molecule has 2 aromatic rings. The van der Waals surface area contributed by atoms with E-state index in [1.807, 2.05) is 38.1 Å². The zero-order valence-electron chi connectivity index (χ0n) is 21.5. The Labute approximate surface area is 206 Å². The highest BCUT2D eigenvalue weighted by Crippen LogP contribution is 2.44. The molecule has 8 heteroatoms. The van der Waals surface area contributed by atoms with Crippen LogP contribution in [-0.4, -0.2) is 75.2 Å². The number of para-hydroxylation sites is 1. The molecule has 0 spiro atoms. The Bertz CT molecular complexity index is 1180. The second-order valence-corrected chi connectivity index (χ2v) is 10.9. The fourth-order valence-electron chi connectivity index (χ4n) is 6.06. The molecule has 2 saturated heterocycles. The zero-order valence-corrected chi connectivity index (χ0v) is 21.5. The predicted octanol–water partition coefficient (Wildman–Crippen LogP) is 2.54. The molecule has 2 aliphatic heterocycles. The lowest BCUT2D eigenvalue weighted by Gasteiger charge is -2.47. The number of carbonyl (C=O) groups excluding carboxylic acids is 2. The lowest BCUT2D eigenvalue weighted by Crippen LogP contribution is -2.58. The van der Waals surface area contributed by atoms with E-state index in [2.05, 4.69) is 17.1 Å². The summed E-state index contributed by atoms with van der Waals surface area (Å²) in [5.74, 6) is -0.385. The van der Waals surface area contributed by atoms with E-state index in [9.17, 15) is 19.5 Å². The van der Waals surface area contributed by atoms with E-state index in [0.717, 1.165) is 36.6 Å². The van der Waals surface area contributed by atoms with Crippen molar-refractivity contribution in [3.63, 3.8) is 0 Å². The Morgan fingerprint density at radius 3 is 2.66 bits per heavy atom. The Morgan fingerprint density at radius 2 is 2.00 bits per heavy atom. The van der Waals surface area contributed by atoms with Crippen LogP contribution in [0, 0.1) is 0 Å². The number of hydrogen-bond donors (Lipinski definition) is 2. The van der Waals surface area contributed by atoms with Gasteiger partial charge in [-0.05, 0) is 64.0 Å². The monoisotopic (exact) mass is 482 g/mol. The number of amides is 2. The van der Waals surface area contributed by atoms with Gasteiger partial charge >= 0.3 is 0 Å². The van der Waals surface area contributed by atoms with Gasteiger partial charge in [-0.1, -0.05) is 18.2 Å². The summed E-state index contributed by atoms with van der Waals surface area (Å²) in [6.45, 7) is 8.40. The van der Waals surface area contributed by atoms with Gasteiger partial charge in [-0.3, -0.25) is 19.3 Å². The second kappa shape index (κ2) is 9.74. The van der Waals surface area contributed by atoms with Gasteiger partial charge in [0.05, 0.1) is 11.6 Å². The Morgan fingerprint density at radius 1 is 1.29 bits per heavy atom. The highest BCUT2D eigenvalue weighted by atomic mass is 16.3. The summed E-state index contributed by atoms with van der Waals surface area (Å²) in [7, 11) is 1.70. The number of fused-ring (bicyclic) bond motifs is 3. The van der Waals surface area contributed by atoms with Crippen LogP contribution >= 0.6 is 0 Å². The number of carbonyl (C=O) groups is 2. The fraction of sp³-hybridized carbons (Fsp3) is 0.593. The number of piperidine rings is 1. The molecular weight excluding hydrogens is 444 g/mol. The van der Waals surface area contributed by atoms with E-state index in [1.54, 1.807) is 17.7 Å². The molecule has 190 valence electrons. The molecule has 8 nitrogen and oxygen atoms in total. The standard InChI is InChI=1S/C27H38N4O4/c1-17(2)31-24-9-7-6-8-19(24)12-23(26(31)35)25(34)28-20-13-21-10-11-27(4,14-20)30(21)16-22(33)15-29(5)18(3)32/h6-9,12,17,20-22,33H,10-11,13-16H2,1-5H3,(H,28,34)/t20-,21+,22+,27+/m1/s1. The lowest BCUT2D eigenvalue weighted by molar-refractivity contribution is -0.129. The summed E-state index contributed by atoms with van der Waals surface area (Å²) >= 11 is 0. The largest absolute Gasteiger partial charge is 0.390 e. The topological polar surface area (TPSA) is 94.9 Å². The summed E-state index contributed by atoms with van der Waals surface area (Å²) in [6.07, 6.45) is 2.92. The molecule has 2 N–H and O–H groups in total. The van der Waals surface area contributed by atoms with Crippen LogP contribution in [0.1, 0.15) is 69.8 Å². The summed E-state index contributed by atoms with van der Waals surface area (Å²) in [5.41, 5.74) is 0.607. The fourth-order valence-corrected chi connectivity index (χ4v) is 6.06. The molecule has 2 aliphatic rings. The smallest absolute Gasteiger partial charge is 0.264 e. The van der Waals surface area contributed by atoms with Gasteiger partial charge < -0.3 is 19.9 Å². The predicted molar refractivity (Wildman–Crippen MR) is 137 cm³/mol. The minimum atomic E-state index is -0.623. The molecule has 2 fully saturated rings. The molecule has 2 amide bonds. The number of nitrogens with one attached hydrogen (secondary N) is 1. The third-order valence-corrected chi connectivity index (χ3v) is 7.86. The number of pyridine rings is 1. The molecule has 0 unspecified atom stereocenters. The molecule has 4 atom stereocenters. The minimum absolute atomic E-state index is 0.0355. The Kier molecular flexibility index (Phi) is 7.06. The quantitative estimate of drug-likeness (QED) is 0.633. The van der Waals surface area contributed by atoms with Crippen molar-refractivity contribution in [3.8, 4) is 0 Å². The van der Waals surface area contributed by atoms with Crippen LogP contribution in [0.2, 0.25) is 0 Å². The van der Waals surface area contributed by atoms with Crippen LogP contribution in [0.4, 0.5) is 0 Å². The molecule has 4 rings (SSSR count). The number of aromatic nitrogens is 1. The SMILES string of the molecule is CC(=O)N(C)C[C@H](O)CN1[C@H]2CC[C@@]1(C)C[C@H](NC(=O)c1cc3ccccc3n(C(C)C)c1=O)C2. The highest BCUT2D eigenvalue weighted by molar-refractivity contribution is 5.97. The third kappa shape index (κ3) is 5.00. The summed E-state index contributed by atoms with van der Waals surface area (Å²) < 4.78 is 1.69. The summed E-state index contributed by atoms with van der Waals surface area (Å²) in [4.78, 5) is 42.0. The van der Waals surface area contributed by atoms with Gasteiger partial charge in [-0.25, -0.2) is 0 Å². The normalized spacial score (nSPS) is 25.1. The average molecular weight is 483 g/mol. The van der Waals surface area contributed by atoms with Crippen molar-refractivity contribution in [1.82, 2.24) is 19.7 Å². The number of benzene rings is 1. The Balaban J connectivity index is 1.49. The molecule has 35 heavy (non-hydrogen) atoms. The molecule has 0 saturated carbocycles. The number of nitrogens with zero attached hydrogens (tertiary/aromatic N) is 3. The first-order valence-electron chi connectivity index (χ1n) is 12.6. The van der Waals surface area contributed by atoms with E-state index >= 15 is 0 Å². The van der Waals surface area contributed by atoms with Gasteiger partial charge in [-0.15, -0.1) is 0 Å². The molecule has 0 aliphatic carbocycles. The van der Waals surface area contributed by atoms with Crippen LogP contribution in [0.5, 0.6) is 0 Å². The van der Waals surface area contributed by atoms with Crippen molar-refractivity contribution in [2.45, 2.75) is 83.1 Å². The van der Waals surface area contributed by atoms with Gasteiger partial charge in [-0.2, -0.15) is 0 Å². The van der Waals surface area contributed by atoms with Gasteiger partial charge in [0.2, 0.25) is 5.91 Å². The third-order valence-electron chi connectivity index (χ3n) is 7.86. The van der Waals surface area contributed by atoms with E-state index in [1.165, 1.54) is 11.8 Å². The van der Waals surface area contributed by atoms with E-state index in [0.29, 0.717) is 13.1 Å². The van der Waals surface area contributed by atoms with Crippen molar-refractivity contribution in [2.24, 2.45) is 0 Å². The van der Waals surface area contributed by atoms with Crippen molar-refractivity contribution in [3.05, 3.63) is 46.2 Å². The molecular formula is C27H38N4O4. The van der Waals surface area contributed by atoms with E-state index in [4.69, 9.17) is 0 Å². The maximum Gasteiger partial charge on any atom is 0.264 e.